The summed E-state index contributed by atoms with van der Waals surface area (Å²) in [6.45, 7) is 3.98. The number of sulfonamides is 1. The second-order valence-electron chi connectivity index (χ2n) is 6.50. The maximum atomic E-state index is 12.3. The number of carbonyl (C=O) groups is 1. The topological polar surface area (TPSA) is 89.3 Å². The summed E-state index contributed by atoms with van der Waals surface area (Å²) in [7, 11) is -3.76. The lowest BCUT2D eigenvalue weighted by Gasteiger charge is -2.15. The minimum Gasteiger partial charge on any atom is -0.349 e. The second kappa shape index (κ2) is 8.96. The zero-order valence-corrected chi connectivity index (χ0v) is 16.1. The second-order valence-corrected chi connectivity index (χ2v) is 8.06. The molecule has 0 aliphatic heterocycles. The molecule has 0 aliphatic rings. The molecule has 2 rings (SSSR count). The molecule has 5 nitrogen and oxygen atoms in total. The van der Waals surface area contributed by atoms with E-state index in [1.807, 2.05) is 19.1 Å². The van der Waals surface area contributed by atoms with Gasteiger partial charge in [-0.3, -0.25) is 4.79 Å². The predicted molar refractivity (Wildman–Crippen MR) is 103 cm³/mol. The number of hydrogen-bond acceptors (Lipinski definition) is 3. The van der Waals surface area contributed by atoms with Gasteiger partial charge in [0.15, 0.2) is 0 Å². The number of amides is 1. The molecule has 0 saturated heterocycles. The van der Waals surface area contributed by atoms with E-state index in [9.17, 15) is 13.2 Å². The van der Waals surface area contributed by atoms with E-state index in [2.05, 4.69) is 24.4 Å². The maximum absolute atomic E-state index is 12.3. The predicted octanol–water partition coefficient (Wildman–Crippen LogP) is 3.10. The van der Waals surface area contributed by atoms with Gasteiger partial charge in [-0.25, -0.2) is 13.6 Å². The Kier molecular flexibility index (Phi) is 6.94. The monoisotopic (exact) mass is 374 g/mol. The highest BCUT2D eigenvalue weighted by Crippen LogP contribution is 2.17. The fourth-order valence-electron chi connectivity index (χ4n) is 2.73. The summed E-state index contributed by atoms with van der Waals surface area (Å²) in [6, 6.07) is 14.1. The lowest BCUT2D eigenvalue weighted by Crippen LogP contribution is -2.28. The van der Waals surface area contributed by atoms with Crippen molar-refractivity contribution in [1.82, 2.24) is 5.32 Å². The van der Waals surface area contributed by atoms with Crippen molar-refractivity contribution in [3.8, 4) is 0 Å². The summed E-state index contributed by atoms with van der Waals surface area (Å²) >= 11 is 0. The summed E-state index contributed by atoms with van der Waals surface area (Å²) in [5.74, 6) is -0.111. The van der Waals surface area contributed by atoms with Gasteiger partial charge in [0.25, 0.3) is 0 Å². The van der Waals surface area contributed by atoms with Crippen LogP contribution in [0.3, 0.4) is 0 Å². The van der Waals surface area contributed by atoms with E-state index in [0.717, 1.165) is 24.8 Å². The molecule has 26 heavy (non-hydrogen) atoms. The number of unbranched alkanes of at least 4 members (excludes halogenated alkanes) is 1. The van der Waals surface area contributed by atoms with Crippen LogP contribution in [-0.2, 0) is 27.7 Å². The Morgan fingerprint density at radius 3 is 2.38 bits per heavy atom. The Morgan fingerprint density at radius 2 is 1.77 bits per heavy atom. The van der Waals surface area contributed by atoms with Crippen LogP contribution >= 0.6 is 0 Å². The van der Waals surface area contributed by atoms with Crippen LogP contribution in [0.25, 0.3) is 0 Å². The molecule has 0 heterocycles. The molecule has 0 radical (unpaired) electrons. The first-order valence-electron chi connectivity index (χ1n) is 8.79. The average Bonchev–Trinajstić information content (AvgIpc) is 2.60. The summed E-state index contributed by atoms with van der Waals surface area (Å²) < 4.78 is 22.9. The molecule has 1 atom stereocenters. The number of benzene rings is 2. The van der Waals surface area contributed by atoms with Crippen molar-refractivity contribution in [1.29, 1.82) is 0 Å². The van der Waals surface area contributed by atoms with Gasteiger partial charge in [-0.15, -0.1) is 0 Å². The number of aryl methyl sites for hydroxylation is 1. The average molecular weight is 375 g/mol. The first-order valence-corrected chi connectivity index (χ1v) is 10.3. The Morgan fingerprint density at radius 1 is 1.12 bits per heavy atom. The Hall–Kier alpha value is -2.18. The Labute approximate surface area is 155 Å². The van der Waals surface area contributed by atoms with Gasteiger partial charge in [-0.05, 0) is 48.6 Å². The molecule has 1 unspecified atom stereocenters. The lowest BCUT2D eigenvalue weighted by atomic mass is 10.0. The molecule has 2 aromatic rings. The largest absolute Gasteiger partial charge is 0.349 e. The zero-order chi connectivity index (χ0) is 19.2. The molecule has 0 bridgehead atoms. The Balaban J connectivity index is 1.97. The number of hydrogen-bond donors (Lipinski definition) is 2. The summed E-state index contributed by atoms with van der Waals surface area (Å²) in [4.78, 5) is 12.3. The van der Waals surface area contributed by atoms with Crippen molar-refractivity contribution in [3.05, 3.63) is 65.2 Å². The molecule has 0 aliphatic carbocycles. The van der Waals surface area contributed by atoms with Gasteiger partial charge in [0.05, 0.1) is 17.4 Å². The molecule has 1 amide bonds. The van der Waals surface area contributed by atoms with Crippen LogP contribution in [0.5, 0.6) is 0 Å². The summed E-state index contributed by atoms with van der Waals surface area (Å²) in [6.07, 6.45) is 3.66. The molecule has 0 fully saturated rings. The Bertz CT molecular complexity index is 846. The first-order chi connectivity index (χ1) is 12.3. The number of primary sulfonamides is 1. The van der Waals surface area contributed by atoms with Crippen LogP contribution < -0.4 is 10.5 Å². The first kappa shape index (κ1) is 20.1. The molecule has 140 valence electrons. The number of nitrogens with two attached hydrogens (primary N) is 1. The van der Waals surface area contributed by atoms with Crippen LogP contribution in [0, 0.1) is 0 Å². The van der Waals surface area contributed by atoms with Crippen LogP contribution in [0.4, 0.5) is 0 Å². The van der Waals surface area contributed by atoms with Crippen LogP contribution in [0.2, 0.25) is 0 Å². The lowest BCUT2D eigenvalue weighted by molar-refractivity contribution is -0.121. The highest BCUT2D eigenvalue weighted by Gasteiger charge is 2.14. The van der Waals surface area contributed by atoms with E-state index in [0.29, 0.717) is 5.56 Å². The van der Waals surface area contributed by atoms with Gasteiger partial charge < -0.3 is 5.32 Å². The van der Waals surface area contributed by atoms with Crippen LogP contribution in [0.15, 0.2) is 53.4 Å². The summed E-state index contributed by atoms with van der Waals surface area (Å²) in [5, 5.41) is 8.05. The van der Waals surface area contributed by atoms with Crippen LogP contribution in [0.1, 0.15) is 49.4 Å². The molecule has 2 aromatic carbocycles. The van der Waals surface area contributed by atoms with E-state index in [-0.39, 0.29) is 23.3 Å². The van der Waals surface area contributed by atoms with Crippen molar-refractivity contribution >= 4 is 15.9 Å². The van der Waals surface area contributed by atoms with Crippen molar-refractivity contribution in [3.63, 3.8) is 0 Å². The van der Waals surface area contributed by atoms with E-state index in [4.69, 9.17) is 5.14 Å². The van der Waals surface area contributed by atoms with Gasteiger partial charge in [-0.1, -0.05) is 49.7 Å². The van der Waals surface area contributed by atoms with E-state index in [1.165, 1.54) is 17.7 Å². The van der Waals surface area contributed by atoms with Crippen molar-refractivity contribution in [2.75, 3.05) is 0 Å². The molecular formula is C20H26N2O3S. The number of carbonyl (C=O) groups excluding carboxylic acids is 1. The molecule has 0 saturated carbocycles. The number of nitrogens with one attached hydrogen (secondary N) is 1. The zero-order valence-electron chi connectivity index (χ0n) is 15.2. The molecule has 3 N–H and O–H groups in total. The van der Waals surface area contributed by atoms with E-state index in [1.54, 1.807) is 12.1 Å². The van der Waals surface area contributed by atoms with Gasteiger partial charge in [-0.2, -0.15) is 0 Å². The third-order valence-corrected chi connectivity index (χ3v) is 5.18. The van der Waals surface area contributed by atoms with E-state index >= 15 is 0 Å². The molecule has 6 heteroatoms. The van der Waals surface area contributed by atoms with Crippen molar-refractivity contribution in [2.24, 2.45) is 5.14 Å². The molecule has 0 aromatic heterocycles. The van der Waals surface area contributed by atoms with Gasteiger partial charge in [0.2, 0.25) is 15.9 Å². The number of rotatable bonds is 8. The fraction of sp³-hybridized carbons (Fsp3) is 0.350. The fourth-order valence-corrected chi connectivity index (χ4v) is 3.30. The molecular weight excluding hydrogens is 348 g/mol. The third-order valence-electron chi connectivity index (χ3n) is 4.27. The SMILES string of the molecule is CCCCc1ccc(CC(=O)NC(C)c2cccc(S(N)(=O)=O)c2)cc1. The normalized spacial score (nSPS) is 12.6. The quantitative estimate of drug-likeness (QED) is 0.744. The minimum absolute atomic E-state index is 0.0405. The maximum Gasteiger partial charge on any atom is 0.238 e. The smallest absolute Gasteiger partial charge is 0.238 e. The van der Waals surface area contributed by atoms with Gasteiger partial charge in [0, 0.05) is 0 Å². The van der Waals surface area contributed by atoms with Gasteiger partial charge >= 0.3 is 0 Å². The van der Waals surface area contributed by atoms with Crippen LogP contribution in [-0.4, -0.2) is 14.3 Å². The molecule has 0 spiro atoms. The highest BCUT2D eigenvalue weighted by atomic mass is 32.2. The highest BCUT2D eigenvalue weighted by molar-refractivity contribution is 7.89. The summed E-state index contributed by atoms with van der Waals surface area (Å²) in [5.41, 5.74) is 2.93. The van der Waals surface area contributed by atoms with E-state index < -0.39 is 10.0 Å². The third kappa shape index (κ3) is 5.97. The van der Waals surface area contributed by atoms with Crippen molar-refractivity contribution < 1.29 is 13.2 Å². The van der Waals surface area contributed by atoms with Crippen molar-refractivity contribution in [2.45, 2.75) is 50.5 Å². The minimum atomic E-state index is -3.76. The van der Waals surface area contributed by atoms with Gasteiger partial charge in [0.1, 0.15) is 0 Å². The standard InChI is InChI=1S/C20H26N2O3S/c1-3-4-6-16-9-11-17(12-10-16)13-20(23)22-15(2)18-7-5-8-19(14-18)26(21,24)25/h5,7-12,14-15H,3-4,6,13H2,1-2H3,(H,22,23)(H2,21,24,25).